The minimum Gasteiger partial charge on any atom is -0.480 e. The van der Waals surface area contributed by atoms with Crippen LogP contribution in [0.25, 0.3) is 0 Å². The summed E-state index contributed by atoms with van der Waals surface area (Å²) in [6.07, 6.45) is 2.38. The molecule has 15 heteroatoms. The molecule has 0 fully saturated rings. The van der Waals surface area contributed by atoms with Crippen molar-refractivity contribution in [2.75, 3.05) is 6.61 Å². The third-order valence-corrected chi connectivity index (χ3v) is 5.88. The summed E-state index contributed by atoms with van der Waals surface area (Å²) >= 11 is 0. The fourth-order valence-electron chi connectivity index (χ4n) is 3.65. The van der Waals surface area contributed by atoms with Crippen LogP contribution in [0.2, 0.25) is 0 Å². The molecule has 12 nitrogen and oxygen atoms in total. The lowest BCUT2D eigenvalue weighted by molar-refractivity contribution is -0.754. The normalized spacial score (nSPS) is 15.2. The number of aliphatic hydroxyl groups is 1. The van der Waals surface area contributed by atoms with Gasteiger partial charge >= 0.3 is 12.1 Å². The molecular formula is C23H26F3N6O6+. The van der Waals surface area contributed by atoms with Crippen molar-refractivity contribution in [2.45, 2.75) is 50.6 Å². The summed E-state index contributed by atoms with van der Waals surface area (Å²) in [7, 11) is 0. The minimum atomic E-state index is -2.16. The molecule has 2 aromatic heterocycles. The molecule has 38 heavy (non-hydrogen) atoms. The molecule has 2 heterocycles. The van der Waals surface area contributed by atoms with Crippen molar-refractivity contribution in [3.8, 4) is 0 Å². The highest BCUT2D eigenvalue weighted by Crippen LogP contribution is 2.39. The number of carboxylic acid groups (broad SMARTS) is 1. The lowest BCUT2D eigenvalue weighted by Gasteiger charge is -2.32. The number of hydrogen-bond donors (Lipinski definition) is 3. The van der Waals surface area contributed by atoms with E-state index in [0.29, 0.717) is 6.07 Å². The third kappa shape index (κ3) is 6.60. The summed E-state index contributed by atoms with van der Waals surface area (Å²) in [5, 5.41) is 24.5. The maximum atomic E-state index is 14.8. The first-order valence-electron chi connectivity index (χ1n) is 11.3. The van der Waals surface area contributed by atoms with Crippen molar-refractivity contribution in [1.82, 2.24) is 19.7 Å². The van der Waals surface area contributed by atoms with Crippen LogP contribution in [0.1, 0.15) is 43.7 Å². The van der Waals surface area contributed by atoms with Crippen molar-refractivity contribution in [2.24, 2.45) is 5.73 Å². The van der Waals surface area contributed by atoms with Gasteiger partial charge in [-0.25, -0.2) is 27.9 Å². The maximum Gasteiger partial charge on any atom is 0.511 e. The van der Waals surface area contributed by atoms with Gasteiger partial charge in [-0.3, -0.25) is 4.79 Å². The van der Waals surface area contributed by atoms with Crippen molar-refractivity contribution < 1.29 is 47.0 Å². The van der Waals surface area contributed by atoms with Crippen molar-refractivity contribution in [3.05, 3.63) is 72.1 Å². The first kappa shape index (κ1) is 28.5. The smallest absolute Gasteiger partial charge is 0.480 e. The van der Waals surface area contributed by atoms with Gasteiger partial charge in [0.05, 0.1) is 18.5 Å². The number of carbonyl (C=O) groups is 2. The average Bonchev–Trinajstić information content (AvgIpc) is 3.32. The van der Waals surface area contributed by atoms with Gasteiger partial charge in [0.15, 0.2) is 5.82 Å². The quantitative estimate of drug-likeness (QED) is 0.240. The van der Waals surface area contributed by atoms with Gasteiger partial charge in [-0.05, 0) is 6.07 Å². The van der Waals surface area contributed by atoms with Crippen LogP contribution in [0.4, 0.5) is 18.0 Å². The number of aromatic nitrogens is 5. The van der Waals surface area contributed by atoms with Crippen molar-refractivity contribution >= 4 is 12.1 Å². The molecule has 1 aromatic carbocycles. The van der Waals surface area contributed by atoms with E-state index < -0.39 is 59.9 Å². The Labute approximate surface area is 214 Å². The molecule has 4 atom stereocenters. The monoisotopic (exact) mass is 539 g/mol. The second kappa shape index (κ2) is 12.0. The fourth-order valence-corrected chi connectivity index (χ4v) is 3.65. The number of rotatable bonds is 11. The Morgan fingerprint density at radius 2 is 1.97 bits per heavy atom. The number of aliphatic carboxylic acids is 1. The van der Waals surface area contributed by atoms with Crippen LogP contribution in [-0.4, -0.2) is 54.7 Å². The number of benzene rings is 1. The van der Waals surface area contributed by atoms with E-state index in [2.05, 4.69) is 15.1 Å². The molecule has 4 N–H and O–H groups in total. The van der Waals surface area contributed by atoms with E-state index >= 15 is 0 Å². The Morgan fingerprint density at radius 3 is 2.63 bits per heavy atom. The zero-order valence-corrected chi connectivity index (χ0v) is 20.4. The molecule has 0 aliphatic heterocycles. The number of halogens is 3. The Kier molecular flexibility index (Phi) is 8.96. The van der Waals surface area contributed by atoms with Crippen LogP contribution < -0.4 is 10.3 Å². The highest BCUT2D eigenvalue weighted by molar-refractivity contribution is 5.73. The van der Waals surface area contributed by atoms with Gasteiger partial charge in [0.1, 0.15) is 36.1 Å². The van der Waals surface area contributed by atoms with Gasteiger partial charge in [0.2, 0.25) is 12.6 Å². The molecule has 0 bridgehead atoms. The molecule has 0 radical (unpaired) electrons. The predicted octanol–water partition coefficient (Wildman–Crippen LogP) is 1.54. The lowest BCUT2D eigenvalue weighted by Crippen LogP contribution is -2.41. The minimum absolute atomic E-state index is 0.118. The number of carbonyl (C=O) groups excluding carboxylic acids is 1. The first-order chi connectivity index (χ1) is 17.9. The Bertz CT molecular complexity index is 1290. The van der Waals surface area contributed by atoms with E-state index in [-0.39, 0.29) is 24.3 Å². The summed E-state index contributed by atoms with van der Waals surface area (Å²) in [6.45, 7) is 2.18. The molecule has 0 saturated heterocycles. The average molecular weight is 539 g/mol. The largest absolute Gasteiger partial charge is 0.511 e. The molecule has 0 saturated carbocycles. The van der Waals surface area contributed by atoms with E-state index in [1.165, 1.54) is 35.8 Å². The highest BCUT2D eigenvalue weighted by atomic mass is 19.1. The Morgan fingerprint density at radius 1 is 1.24 bits per heavy atom. The van der Waals surface area contributed by atoms with Gasteiger partial charge in [0.25, 0.3) is 6.33 Å². The summed E-state index contributed by atoms with van der Waals surface area (Å²) in [6, 6.07) is 1.41. The molecule has 3 aromatic rings. The summed E-state index contributed by atoms with van der Waals surface area (Å²) in [4.78, 5) is 30.1. The van der Waals surface area contributed by atoms with E-state index in [4.69, 9.17) is 20.3 Å². The number of ether oxygens (including phenoxy) is 2. The summed E-state index contributed by atoms with van der Waals surface area (Å²) in [5.74, 6) is -5.15. The number of carboxylic acids is 1. The second-order valence-electron chi connectivity index (χ2n) is 8.47. The van der Waals surface area contributed by atoms with E-state index in [1.807, 2.05) is 0 Å². The number of nitrogens with two attached hydrogens (primary N) is 1. The lowest BCUT2D eigenvalue weighted by atomic mass is 9.79. The zero-order chi connectivity index (χ0) is 28.0. The molecule has 3 rings (SSSR count). The molecule has 204 valence electrons. The van der Waals surface area contributed by atoms with E-state index in [9.17, 15) is 27.9 Å². The zero-order valence-electron chi connectivity index (χ0n) is 20.4. The van der Waals surface area contributed by atoms with Crippen LogP contribution >= 0.6 is 0 Å². The maximum absolute atomic E-state index is 14.8. The van der Waals surface area contributed by atoms with Crippen molar-refractivity contribution in [3.63, 3.8) is 0 Å². The van der Waals surface area contributed by atoms with Gasteiger partial charge in [-0.1, -0.05) is 13.0 Å². The van der Waals surface area contributed by atoms with Crippen LogP contribution in [0.3, 0.4) is 0 Å². The molecular weight excluding hydrogens is 513 g/mol. The van der Waals surface area contributed by atoms with Crippen LogP contribution in [0, 0.1) is 17.5 Å². The molecule has 0 aliphatic rings. The number of hydrogen-bond acceptors (Lipinski definition) is 9. The molecule has 0 aliphatic carbocycles. The standard InChI is InChI=1S/C23H25F3N6O6/c1-13(20-18(26)8-28-10-29-20)23(36,16-4-3-15(24)7-17(16)25)9-32-12-31(11-30-32)14(2)38-22(35)37-6-5-19(27)21(33)34/h3-4,7-8,10-14,19,36H,5-6,9,27H2,1-2H3/p+1/t13-,14?,19+,23+/m0/s1. The fraction of sp³-hybridized carbons (Fsp3) is 0.391. The topological polar surface area (TPSA) is 167 Å². The van der Waals surface area contributed by atoms with E-state index in [0.717, 1.165) is 24.7 Å². The Balaban J connectivity index is 1.80. The van der Waals surface area contributed by atoms with Crippen LogP contribution in [0.5, 0.6) is 0 Å². The first-order valence-corrected chi connectivity index (χ1v) is 11.3. The van der Waals surface area contributed by atoms with Crippen LogP contribution in [0.15, 0.2) is 43.4 Å². The Hall–Kier alpha value is -4.11. The third-order valence-electron chi connectivity index (χ3n) is 5.88. The van der Waals surface area contributed by atoms with Crippen molar-refractivity contribution in [1.29, 1.82) is 0 Å². The SMILES string of the molecule is CC(OC(=O)OCC[C@@H](N)C(=O)O)[n+]1cnn(C[C@](O)(c2ccc(F)cc2F)[C@@H](C)c2ncncc2F)c1. The van der Waals surface area contributed by atoms with Gasteiger partial charge in [-0.2, -0.15) is 4.57 Å². The predicted molar refractivity (Wildman–Crippen MR) is 120 cm³/mol. The van der Waals surface area contributed by atoms with Gasteiger partial charge in [0, 0.05) is 36.0 Å². The second-order valence-corrected chi connectivity index (χ2v) is 8.47. The summed E-state index contributed by atoms with van der Waals surface area (Å²) < 4.78 is 55.3. The molecule has 0 amide bonds. The molecule has 0 spiro atoms. The van der Waals surface area contributed by atoms with E-state index in [1.54, 1.807) is 0 Å². The van der Waals surface area contributed by atoms with Gasteiger partial charge in [-0.15, -0.1) is 4.68 Å². The molecule has 1 unspecified atom stereocenters. The van der Waals surface area contributed by atoms with Crippen LogP contribution in [-0.2, 0) is 26.4 Å². The van der Waals surface area contributed by atoms with Gasteiger partial charge < -0.3 is 25.4 Å². The number of nitrogens with zero attached hydrogens (tertiary/aromatic N) is 5. The summed E-state index contributed by atoms with van der Waals surface area (Å²) in [5.41, 5.74) is 2.65. The highest BCUT2D eigenvalue weighted by Gasteiger charge is 2.43.